The standard InChI is InChI=1S/C13H16N4O3/c1-19-13(18)10-3-2-4-17-11(14-15-12(10)17)9-16-5-7-20-8-6-16/h2-4H,5-9H2,1H3. The van der Waals surface area contributed by atoms with Gasteiger partial charge in [0.15, 0.2) is 11.5 Å². The molecule has 0 spiro atoms. The molecule has 0 aliphatic carbocycles. The second kappa shape index (κ2) is 5.56. The Kier molecular flexibility index (Phi) is 3.62. The monoisotopic (exact) mass is 276 g/mol. The average Bonchev–Trinajstić information content (AvgIpc) is 2.91. The van der Waals surface area contributed by atoms with E-state index >= 15 is 0 Å². The van der Waals surface area contributed by atoms with Crippen LogP contribution in [0, 0.1) is 0 Å². The van der Waals surface area contributed by atoms with Crippen LogP contribution in [0.4, 0.5) is 0 Å². The van der Waals surface area contributed by atoms with Gasteiger partial charge in [0.05, 0.1) is 26.9 Å². The van der Waals surface area contributed by atoms with Crippen molar-refractivity contribution in [1.82, 2.24) is 19.5 Å². The number of hydrogen-bond donors (Lipinski definition) is 0. The van der Waals surface area contributed by atoms with Crippen LogP contribution in [-0.2, 0) is 16.0 Å². The molecular weight excluding hydrogens is 260 g/mol. The van der Waals surface area contributed by atoms with Gasteiger partial charge in [0.1, 0.15) is 5.56 Å². The number of pyridine rings is 1. The third kappa shape index (κ3) is 2.37. The maximum absolute atomic E-state index is 11.7. The van der Waals surface area contributed by atoms with Gasteiger partial charge < -0.3 is 9.47 Å². The Morgan fingerprint density at radius 3 is 2.95 bits per heavy atom. The van der Waals surface area contributed by atoms with Crippen LogP contribution in [-0.4, -0.2) is 58.9 Å². The van der Waals surface area contributed by atoms with E-state index in [1.54, 1.807) is 12.1 Å². The molecule has 1 saturated heterocycles. The minimum Gasteiger partial charge on any atom is -0.465 e. The minimum absolute atomic E-state index is 0.402. The van der Waals surface area contributed by atoms with E-state index < -0.39 is 5.97 Å². The summed E-state index contributed by atoms with van der Waals surface area (Å²) in [5, 5.41) is 8.30. The first-order valence-electron chi connectivity index (χ1n) is 6.50. The summed E-state index contributed by atoms with van der Waals surface area (Å²) in [6, 6.07) is 3.49. The van der Waals surface area contributed by atoms with Gasteiger partial charge in [0, 0.05) is 19.3 Å². The van der Waals surface area contributed by atoms with Crippen molar-refractivity contribution < 1.29 is 14.3 Å². The van der Waals surface area contributed by atoms with E-state index in [0.29, 0.717) is 17.8 Å². The number of rotatable bonds is 3. The molecule has 3 rings (SSSR count). The zero-order valence-corrected chi connectivity index (χ0v) is 11.3. The highest BCUT2D eigenvalue weighted by Gasteiger charge is 2.18. The molecule has 0 saturated carbocycles. The number of aromatic nitrogens is 3. The maximum atomic E-state index is 11.7. The molecule has 0 unspecified atom stereocenters. The molecule has 0 radical (unpaired) electrons. The quantitative estimate of drug-likeness (QED) is 0.753. The van der Waals surface area contributed by atoms with Crippen molar-refractivity contribution in [2.24, 2.45) is 0 Å². The molecule has 2 aromatic heterocycles. The highest BCUT2D eigenvalue weighted by atomic mass is 16.5. The van der Waals surface area contributed by atoms with Gasteiger partial charge in [-0.1, -0.05) is 0 Å². The summed E-state index contributed by atoms with van der Waals surface area (Å²) in [6.45, 7) is 3.93. The second-order valence-corrected chi connectivity index (χ2v) is 4.61. The SMILES string of the molecule is COC(=O)c1cccn2c(CN3CCOCC3)nnc12. The molecule has 2 aromatic rings. The van der Waals surface area contributed by atoms with Gasteiger partial charge in [0.25, 0.3) is 0 Å². The second-order valence-electron chi connectivity index (χ2n) is 4.61. The van der Waals surface area contributed by atoms with E-state index in [1.165, 1.54) is 7.11 Å². The largest absolute Gasteiger partial charge is 0.465 e. The lowest BCUT2D eigenvalue weighted by Crippen LogP contribution is -2.36. The van der Waals surface area contributed by atoms with Gasteiger partial charge in [-0.3, -0.25) is 9.30 Å². The fourth-order valence-electron chi connectivity index (χ4n) is 2.30. The first kappa shape index (κ1) is 13.0. The highest BCUT2D eigenvalue weighted by molar-refractivity contribution is 5.95. The summed E-state index contributed by atoms with van der Waals surface area (Å²) < 4.78 is 11.9. The lowest BCUT2D eigenvalue weighted by molar-refractivity contribution is 0.0329. The van der Waals surface area contributed by atoms with Crippen LogP contribution in [0.15, 0.2) is 18.3 Å². The molecule has 7 heteroatoms. The number of hydrogen-bond acceptors (Lipinski definition) is 6. The normalized spacial score (nSPS) is 16.4. The Bertz CT molecular complexity index is 619. The molecule has 0 bridgehead atoms. The molecule has 0 amide bonds. The number of esters is 1. The van der Waals surface area contributed by atoms with Crippen LogP contribution < -0.4 is 0 Å². The van der Waals surface area contributed by atoms with E-state index in [2.05, 4.69) is 15.1 Å². The van der Waals surface area contributed by atoms with Crippen molar-refractivity contribution in [2.45, 2.75) is 6.54 Å². The van der Waals surface area contributed by atoms with Crippen molar-refractivity contribution in [1.29, 1.82) is 0 Å². The molecule has 106 valence electrons. The molecule has 0 N–H and O–H groups in total. The predicted octanol–water partition coefficient (Wildman–Crippen LogP) is 0.348. The first-order chi connectivity index (χ1) is 9.79. The molecular formula is C13H16N4O3. The highest BCUT2D eigenvalue weighted by Crippen LogP contribution is 2.13. The smallest absolute Gasteiger partial charge is 0.341 e. The van der Waals surface area contributed by atoms with Gasteiger partial charge >= 0.3 is 5.97 Å². The van der Waals surface area contributed by atoms with E-state index in [4.69, 9.17) is 9.47 Å². The Morgan fingerprint density at radius 2 is 2.20 bits per heavy atom. The van der Waals surface area contributed by atoms with Gasteiger partial charge in [-0.25, -0.2) is 4.79 Å². The maximum Gasteiger partial charge on any atom is 0.341 e. The van der Waals surface area contributed by atoms with Crippen LogP contribution in [0.25, 0.3) is 5.65 Å². The molecule has 1 aliphatic rings. The summed E-state index contributed by atoms with van der Waals surface area (Å²) in [5.41, 5.74) is 0.957. The van der Waals surface area contributed by atoms with Crippen molar-refractivity contribution in [2.75, 3.05) is 33.4 Å². The Hall–Kier alpha value is -1.99. The molecule has 1 aliphatic heterocycles. The number of carbonyl (C=O) groups excluding carboxylic acids is 1. The number of nitrogens with zero attached hydrogens (tertiary/aromatic N) is 4. The predicted molar refractivity (Wildman–Crippen MR) is 70.4 cm³/mol. The third-order valence-corrected chi connectivity index (χ3v) is 3.38. The molecule has 20 heavy (non-hydrogen) atoms. The topological polar surface area (TPSA) is 69.0 Å². The van der Waals surface area contributed by atoms with Gasteiger partial charge in [-0.2, -0.15) is 0 Å². The van der Waals surface area contributed by atoms with E-state index in [0.717, 1.165) is 32.1 Å². The minimum atomic E-state index is -0.402. The fraction of sp³-hybridized carbons (Fsp3) is 0.462. The average molecular weight is 276 g/mol. The summed E-state index contributed by atoms with van der Waals surface area (Å²) in [5.74, 6) is 0.411. The number of carbonyl (C=O) groups is 1. The number of fused-ring (bicyclic) bond motifs is 1. The van der Waals surface area contributed by atoms with Crippen molar-refractivity contribution >= 4 is 11.6 Å². The first-order valence-corrected chi connectivity index (χ1v) is 6.50. The molecule has 3 heterocycles. The lowest BCUT2D eigenvalue weighted by atomic mass is 10.2. The molecule has 0 atom stereocenters. The van der Waals surface area contributed by atoms with Crippen molar-refractivity contribution in [3.8, 4) is 0 Å². The summed E-state index contributed by atoms with van der Waals surface area (Å²) in [4.78, 5) is 14.0. The summed E-state index contributed by atoms with van der Waals surface area (Å²) in [7, 11) is 1.36. The van der Waals surface area contributed by atoms with E-state index in [1.807, 2.05) is 10.6 Å². The summed E-state index contributed by atoms with van der Waals surface area (Å²) in [6.07, 6.45) is 1.86. The van der Waals surface area contributed by atoms with E-state index in [9.17, 15) is 4.79 Å². The number of morpholine rings is 1. The zero-order chi connectivity index (χ0) is 13.9. The molecule has 0 aromatic carbocycles. The van der Waals surface area contributed by atoms with Crippen LogP contribution in [0.3, 0.4) is 0 Å². The van der Waals surface area contributed by atoms with Gasteiger partial charge in [-0.05, 0) is 12.1 Å². The van der Waals surface area contributed by atoms with Crippen LogP contribution in [0.5, 0.6) is 0 Å². The zero-order valence-electron chi connectivity index (χ0n) is 11.3. The van der Waals surface area contributed by atoms with E-state index in [-0.39, 0.29) is 0 Å². The van der Waals surface area contributed by atoms with Crippen LogP contribution in [0.1, 0.15) is 16.2 Å². The van der Waals surface area contributed by atoms with Crippen LogP contribution in [0.2, 0.25) is 0 Å². The Morgan fingerprint density at radius 1 is 1.40 bits per heavy atom. The lowest BCUT2D eigenvalue weighted by Gasteiger charge is -2.25. The molecule has 1 fully saturated rings. The van der Waals surface area contributed by atoms with Crippen molar-refractivity contribution in [3.63, 3.8) is 0 Å². The fourth-order valence-corrected chi connectivity index (χ4v) is 2.30. The molecule has 7 nitrogen and oxygen atoms in total. The summed E-state index contributed by atoms with van der Waals surface area (Å²) >= 11 is 0. The van der Waals surface area contributed by atoms with Crippen LogP contribution >= 0.6 is 0 Å². The van der Waals surface area contributed by atoms with Crippen molar-refractivity contribution in [3.05, 3.63) is 29.7 Å². The third-order valence-electron chi connectivity index (χ3n) is 3.38. The van der Waals surface area contributed by atoms with Gasteiger partial charge in [-0.15, -0.1) is 10.2 Å². The number of methoxy groups -OCH3 is 1. The Labute approximate surface area is 116 Å². The Balaban J connectivity index is 1.91. The number of ether oxygens (including phenoxy) is 2. The van der Waals surface area contributed by atoms with Gasteiger partial charge in [0.2, 0.25) is 0 Å².